The summed E-state index contributed by atoms with van der Waals surface area (Å²) in [4.78, 5) is 13.9. The van der Waals surface area contributed by atoms with Crippen LogP contribution in [-0.2, 0) is 4.74 Å². The highest BCUT2D eigenvalue weighted by atomic mass is 19.1. The first kappa shape index (κ1) is 14.1. The standard InChI is InChI=1S/C14H18FNO3/c1-10-6-16(7-11(9-17)19-10)8-14(18)12-4-2-3-5-13(12)15/h2-5,10-11,17H,6-9H2,1H3. The smallest absolute Gasteiger partial charge is 0.179 e. The molecular weight excluding hydrogens is 249 g/mol. The van der Waals surface area contributed by atoms with Crippen molar-refractivity contribution in [2.45, 2.75) is 19.1 Å². The summed E-state index contributed by atoms with van der Waals surface area (Å²) in [5.74, 6) is -0.739. The third-order valence-corrected chi connectivity index (χ3v) is 3.15. The van der Waals surface area contributed by atoms with Gasteiger partial charge in [0.2, 0.25) is 0 Å². The van der Waals surface area contributed by atoms with Crippen LogP contribution in [0, 0.1) is 5.82 Å². The largest absolute Gasteiger partial charge is 0.394 e. The van der Waals surface area contributed by atoms with E-state index in [1.54, 1.807) is 12.1 Å². The Morgan fingerprint density at radius 3 is 2.89 bits per heavy atom. The highest BCUT2D eigenvalue weighted by molar-refractivity contribution is 5.97. The minimum Gasteiger partial charge on any atom is -0.394 e. The molecule has 1 aliphatic rings. The molecule has 0 radical (unpaired) electrons. The number of benzene rings is 1. The number of carbonyl (C=O) groups is 1. The van der Waals surface area contributed by atoms with E-state index in [0.29, 0.717) is 13.1 Å². The van der Waals surface area contributed by atoms with Crippen molar-refractivity contribution >= 4 is 5.78 Å². The Kier molecular flexibility index (Phi) is 4.63. The maximum Gasteiger partial charge on any atom is 0.179 e. The van der Waals surface area contributed by atoms with Crippen molar-refractivity contribution in [3.8, 4) is 0 Å². The first-order chi connectivity index (χ1) is 9.10. The van der Waals surface area contributed by atoms with Gasteiger partial charge >= 0.3 is 0 Å². The number of morpholine rings is 1. The second-order valence-electron chi connectivity index (χ2n) is 4.85. The number of halogens is 1. The highest BCUT2D eigenvalue weighted by Crippen LogP contribution is 2.13. The SMILES string of the molecule is CC1CN(CC(=O)c2ccccc2F)CC(CO)O1. The predicted octanol–water partition coefficient (Wildman–Crippen LogP) is 1.09. The van der Waals surface area contributed by atoms with E-state index in [1.807, 2.05) is 11.8 Å². The second-order valence-corrected chi connectivity index (χ2v) is 4.85. The van der Waals surface area contributed by atoms with Gasteiger partial charge in [0.25, 0.3) is 0 Å². The number of aliphatic hydroxyl groups excluding tert-OH is 1. The maximum absolute atomic E-state index is 13.5. The Morgan fingerprint density at radius 1 is 1.47 bits per heavy atom. The molecule has 1 fully saturated rings. The van der Waals surface area contributed by atoms with Gasteiger partial charge in [0.1, 0.15) is 5.82 Å². The number of ether oxygens (including phenoxy) is 1. The number of hydrogen-bond donors (Lipinski definition) is 1. The molecule has 1 saturated heterocycles. The van der Waals surface area contributed by atoms with Crippen molar-refractivity contribution in [2.24, 2.45) is 0 Å². The van der Waals surface area contributed by atoms with Crippen LogP contribution in [0.4, 0.5) is 4.39 Å². The lowest BCUT2D eigenvalue weighted by atomic mass is 10.1. The Morgan fingerprint density at radius 2 is 2.21 bits per heavy atom. The van der Waals surface area contributed by atoms with Gasteiger partial charge in [-0.25, -0.2) is 4.39 Å². The molecule has 0 amide bonds. The van der Waals surface area contributed by atoms with Gasteiger partial charge < -0.3 is 9.84 Å². The Hall–Kier alpha value is -1.30. The fourth-order valence-electron chi connectivity index (χ4n) is 2.35. The molecule has 1 heterocycles. The number of rotatable bonds is 4. The molecule has 0 aliphatic carbocycles. The van der Waals surface area contributed by atoms with Gasteiger partial charge in [-0.1, -0.05) is 12.1 Å². The molecule has 2 atom stereocenters. The van der Waals surface area contributed by atoms with E-state index in [4.69, 9.17) is 9.84 Å². The lowest BCUT2D eigenvalue weighted by molar-refractivity contribution is -0.0926. The summed E-state index contributed by atoms with van der Waals surface area (Å²) in [6.07, 6.45) is -0.323. The van der Waals surface area contributed by atoms with Crippen molar-refractivity contribution < 1.29 is 19.0 Å². The van der Waals surface area contributed by atoms with Gasteiger partial charge in [-0.3, -0.25) is 9.69 Å². The summed E-state index contributed by atoms with van der Waals surface area (Å²) in [6.45, 7) is 3.06. The van der Waals surface area contributed by atoms with Gasteiger partial charge in [0, 0.05) is 13.1 Å². The van der Waals surface area contributed by atoms with Crippen LogP contribution >= 0.6 is 0 Å². The molecule has 2 unspecified atom stereocenters. The van der Waals surface area contributed by atoms with Crippen LogP contribution < -0.4 is 0 Å². The van der Waals surface area contributed by atoms with E-state index in [0.717, 1.165) is 0 Å². The zero-order chi connectivity index (χ0) is 13.8. The number of aliphatic hydroxyl groups is 1. The summed E-state index contributed by atoms with van der Waals surface area (Å²) in [5.41, 5.74) is 0.113. The first-order valence-electron chi connectivity index (χ1n) is 6.36. The molecule has 5 heteroatoms. The van der Waals surface area contributed by atoms with E-state index in [1.165, 1.54) is 12.1 Å². The molecule has 4 nitrogen and oxygen atoms in total. The van der Waals surface area contributed by atoms with Crippen LogP contribution in [0.2, 0.25) is 0 Å². The van der Waals surface area contributed by atoms with Crippen molar-refractivity contribution in [3.63, 3.8) is 0 Å². The van der Waals surface area contributed by atoms with Crippen molar-refractivity contribution in [3.05, 3.63) is 35.6 Å². The molecule has 104 valence electrons. The average Bonchev–Trinajstić information content (AvgIpc) is 2.38. The number of hydrogen-bond acceptors (Lipinski definition) is 4. The lowest BCUT2D eigenvalue weighted by Gasteiger charge is -2.35. The summed E-state index contributed by atoms with van der Waals surface area (Å²) in [5, 5.41) is 9.13. The zero-order valence-corrected chi connectivity index (χ0v) is 10.9. The normalized spacial score (nSPS) is 24.4. The first-order valence-corrected chi connectivity index (χ1v) is 6.36. The predicted molar refractivity (Wildman–Crippen MR) is 68.6 cm³/mol. The third-order valence-electron chi connectivity index (χ3n) is 3.15. The lowest BCUT2D eigenvalue weighted by Crippen LogP contribution is -2.49. The van der Waals surface area contributed by atoms with E-state index < -0.39 is 5.82 Å². The molecule has 19 heavy (non-hydrogen) atoms. The topological polar surface area (TPSA) is 49.8 Å². The van der Waals surface area contributed by atoms with E-state index in [-0.39, 0.29) is 36.7 Å². The minimum atomic E-state index is -0.493. The molecule has 0 saturated carbocycles. The van der Waals surface area contributed by atoms with Crippen LogP contribution in [0.3, 0.4) is 0 Å². The van der Waals surface area contributed by atoms with Crippen LogP contribution in [0.5, 0.6) is 0 Å². The van der Waals surface area contributed by atoms with E-state index >= 15 is 0 Å². The molecule has 1 aromatic rings. The maximum atomic E-state index is 13.5. The number of nitrogens with zero attached hydrogens (tertiary/aromatic N) is 1. The van der Waals surface area contributed by atoms with Crippen molar-refractivity contribution in [2.75, 3.05) is 26.2 Å². The van der Waals surface area contributed by atoms with Gasteiger partial charge in [-0.15, -0.1) is 0 Å². The molecule has 1 aliphatic heterocycles. The number of Topliss-reactive ketones (excluding diaryl/α,β-unsaturated/α-hetero) is 1. The van der Waals surface area contributed by atoms with Gasteiger partial charge in [0.15, 0.2) is 5.78 Å². The summed E-state index contributed by atoms with van der Waals surface area (Å²) in [7, 11) is 0. The molecule has 1 N–H and O–H groups in total. The third kappa shape index (κ3) is 3.59. The summed E-state index contributed by atoms with van der Waals surface area (Å²) >= 11 is 0. The highest BCUT2D eigenvalue weighted by Gasteiger charge is 2.26. The molecule has 0 spiro atoms. The Labute approximate surface area is 111 Å². The second kappa shape index (κ2) is 6.23. The van der Waals surface area contributed by atoms with Crippen molar-refractivity contribution in [1.82, 2.24) is 4.90 Å². The number of ketones is 1. The van der Waals surface area contributed by atoms with Crippen LogP contribution in [-0.4, -0.2) is 54.2 Å². The van der Waals surface area contributed by atoms with Crippen LogP contribution in [0.25, 0.3) is 0 Å². The van der Waals surface area contributed by atoms with Gasteiger partial charge in [0.05, 0.1) is 30.9 Å². The van der Waals surface area contributed by atoms with Crippen molar-refractivity contribution in [1.29, 1.82) is 0 Å². The average molecular weight is 267 g/mol. The Balaban J connectivity index is 2.01. The zero-order valence-electron chi connectivity index (χ0n) is 10.9. The van der Waals surface area contributed by atoms with E-state index in [9.17, 15) is 9.18 Å². The number of carbonyl (C=O) groups excluding carboxylic acids is 1. The molecule has 0 aromatic heterocycles. The molecule has 0 bridgehead atoms. The molecular formula is C14H18FNO3. The minimum absolute atomic E-state index is 0.0423. The van der Waals surface area contributed by atoms with Crippen LogP contribution in [0.15, 0.2) is 24.3 Å². The fraction of sp³-hybridized carbons (Fsp3) is 0.500. The summed E-state index contributed by atoms with van der Waals surface area (Å²) < 4.78 is 19.0. The van der Waals surface area contributed by atoms with Gasteiger partial charge in [-0.05, 0) is 19.1 Å². The van der Waals surface area contributed by atoms with Gasteiger partial charge in [-0.2, -0.15) is 0 Å². The van der Waals surface area contributed by atoms with E-state index in [2.05, 4.69) is 0 Å². The molecule has 2 rings (SSSR count). The quantitative estimate of drug-likeness (QED) is 0.830. The Bertz CT molecular complexity index is 452. The van der Waals surface area contributed by atoms with Crippen LogP contribution in [0.1, 0.15) is 17.3 Å². The monoisotopic (exact) mass is 267 g/mol. The summed E-state index contributed by atoms with van der Waals surface area (Å²) in [6, 6.07) is 5.98. The fourth-order valence-corrected chi connectivity index (χ4v) is 2.35. The molecule has 1 aromatic carbocycles.